The number of hydrogen-bond donors (Lipinski definition) is 2. The first-order valence-corrected chi connectivity index (χ1v) is 9.50. The molecule has 0 bridgehead atoms. The second kappa shape index (κ2) is 11.2. The molecule has 0 radical (unpaired) electrons. The molecule has 0 aliphatic heterocycles. The van der Waals surface area contributed by atoms with E-state index in [1.54, 1.807) is 12.1 Å². The molecule has 1 aromatic carbocycles. The molecule has 29 heavy (non-hydrogen) atoms. The highest BCUT2D eigenvalue weighted by molar-refractivity contribution is 5.79. The van der Waals surface area contributed by atoms with Crippen LogP contribution in [0.2, 0.25) is 0 Å². The summed E-state index contributed by atoms with van der Waals surface area (Å²) >= 11 is 0. The lowest BCUT2D eigenvalue weighted by molar-refractivity contribution is -0.0504. The van der Waals surface area contributed by atoms with Crippen molar-refractivity contribution in [1.82, 2.24) is 15.8 Å². The lowest BCUT2D eigenvalue weighted by atomic mass is 10.1. The zero-order chi connectivity index (χ0) is 21.2. The molecule has 0 atom stereocenters. The normalized spacial score (nSPS) is 11.6. The van der Waals surface area contributed by atoms with Gasteiger partial charge in [-0.1, -0.05) is 5.16 Å². The molecule has 0 fully saturated rings. The van der Waals surface area contributed by atoms with Gasteiger partial charge in [-0.15, -0.1) is 0 Å². The highest BCUT2D eigenvalue weighted by Gasteiger charge is 2.12. The molecule has 7 nitrogen and oxygen atoms in total. The van der Waals surface area contributed by atoms with Gasteiger partial charge in [0.15, 0.2) is 5.96 Å². The van der Waals surface area contributed by atoms with E-state index >= 15 is 0 Å². The Bertz CT molecular complexity index is 790. The molecular weight excluding hydrogens is 382 g/mol. The largest absolute Gasteiger partial charge is 0.497 e. The Morgan fingerprint density at radius 1 is 1.28 bits per heavy atom. The van der Waals surface area contributed by atoms with Crippen molar-refractivity contribution < 1.29 is 22.8 Å². The number of nitrogens with one attached hydrogen (secondary N) is 2. The maximum absolute atomic E-state index is 12.7. The quantitative estimate of drug-likeness (QED) is 0.354. The Labute approximate surface area is 169 Å². The molecule has 0 amide bonds. The number of hydrogen-bond acceptors (Lipinski definition) is 5. The van der Waals surface area contributed by atoms with E-state index in [1.807, 2.05) is 20.8 Å². The van der Waals surface area contributed by atoms with E-state index in [1.165, 1.54) is 13.2 Å². The number of nitrogens with zero attached hydrogens (tertiary/aromatic N) is 2. The Kier molecular flexibility index (Phi) is 8.69. The van der Waals surface area contributed by atoms with Crippen molar-refractivity contribution in [1.29, 1.82) is 0 Å². The van der Waals surface area contributed by atoms with Gasteiger partial charge in [-0.2, -0.15) is 8.78 Å². The SMILES string of the molecule is CCNC(=NCc1cc(OC)ccc1OC(F)F)NCCCc1c(C)noc1C. The van der Waals surface area contributed by atoms with Crippen molar-refractivity contribution in [3.8, 4) is 11.5 Å². The topological polar surface area (TPSA) is 80.9 Å². The number of benzene rings is 1. The summed E-state index contributed by atoms with van der Waals surface area (Å²) in [7, 11) is 1.51. The average molecular weight is 410 g/mol. The molecule has 160 valence electrons. The van der Waals surface area contributed by atoms with E-state index < -0.39 is 6.61 Å². The number of alkyl halides is 2. The van der Waals surface area contributed by atoms with Crippen molar-refractivity contribution in [3.63, 3.8) is 0 Å². The lowest BCUT2D eigenvalue weighted by Crippen LogP contribution is -2.37. The highest BCUT2D eigenvalue weighted by Crippen LogP contribution is 2.26. The Morgan fingerprint density at radius 2 is 2.07 bits per heavy atom. The zero-order valence-corrected chi connectivity index (χ0v) is 17.2. The Balaban J connectivity index is 1.99. The van der Waals surface area contributed by atoms with Crippen LogP contribution in [0.15, 0.2) is 27.7 Å². The first-order chi connectivity index (χ1) is 13.9. The van der Waals surface area contributed by atoms with Crippen molar-refractivity contribution in [2.75, 3.05) is 20.2 Å². The van der Waals surface area contributed by atoms with E-state index in [4.69, 9.17) is 9.26 Å². The van der Waals surface area contributed by atoms with Crippen molar-refractivity contribution >= 4 is 5.96 Å². The van der Waals surface area contributed by atoms with Gasteiger partial charge in [-0.05, 0) is 51.8 Å². The van der Waals surface area contributed by atoms with Gasteiger partial charge in [0.25, 0.3) is 0 Å². The minimum Gasteiger partial charge on any atom is -0.497 e. The second-order valence-corrected chi connectivity index (χ2v) is 6.38. The molecule has 1 heterocycles. The number of aromatic nitrogens is 1. The Morgan fingerprint density at radius 3 is 2.69 bits per heavy atom. The summed E-state index contributed by atoms with van der Waals surface area (Å²) in [6.07, 6.45) is 1.71. The number of rotatable bonds is 10. The molecule has 2 rings (SSSR count). The average Bonchev–Trinajstić information content (AvgIpc) is 3.01. The molecule has 0 saturated carbocycles. The summed E-state index contributed by atoms with van der Waals surface area (Å²) in [5.74, 6) is 2.07. The fraction of sp³-hybridized carbons (Fsp3) is 0.500. The van der Waals surface area contributed by atoms with E-state index in [0.29, 0.717) is 30.4 Å². The molecule has 0 saturated heterocycles. The van der Waals surface area contributed by atoms with Crippen LogP contribution in [0.25, 0.3) is 0 Å². The fourth-order valence-electron chi connectivity index (χ4n) is 2.85. The van der Waals surface area contributed by atoms with Crippen LogP contribution < -0.4 is 20.1 Å². The summed E-state index contributed by atoms with van der Waals surface area (Å²) in [6, 6.07) is 4.67. The monoisotopic (exact) mass is 410 g/mol. The molecule has 2 N–H and O–H groups in total. The third-order valence-electron chi connectivity index (χ3n) is 4.31. The molecule has 0 unspecified atom stereocenters. The third-order valence-corrected chi connectivity index (χ3v) is 4.31. The van der Waals surface area contributed by atoms with Gasteiger partial charge in [0, 0.05) is 24.2 Å². The van der Waals surface area contributed by atoms with Crippen LogP contribution in [-0.4, -0.2) is 37.9 Å². The maximum atomic E-state index is 12.7. The molecule has 1 aromatic heterocycles. The van der Waals surface area contributed by atoms with E-state index in [9.17, 15) is 8.78 Å². The van der Waals surface area contributed by atoms with Gasteiger partial charge in [0.05, 0.1) is 19.3 Å². The van der Waals surface area contributed by atoms with Crippen LogP contribution >= 0.6 is 0 Å². The molecule has 0 spiro atoms. The second-order valence-electron chi connectivity index (χ2n) is 6.38. The smallest absolute Gasteiger partial charge is 0.387 e. The minimum absolute atomic E-state index is 0.0822. The molecule has 9 heteroatoms. The lowest BCUT2D eigenvalue weighted by Gasteiger charge is -2.13. The molecule has 0 aliphatic rings. The van der Waals surface area contributed by atoms with Gasteiger partial charge in [-0.25, -0.2) is 4.99 Å². The van der Waals surface area contributed by atoms with Crippen LogP contribution in [0.3, 0.4) is 0 Å². The number of methoxy groups -OCH3 is 1. The summed E-state index contributed by atoms with van der Waals surface area (Å²) in [5.41, 5.74) is 2.55. The van der Waals surface area contributed by atoms with E-state index in [-0.39, 0.29) is 12.3 Å². The maximum Gasteiger partial charge on any atom is 0.387 e. The number of halogens is 2. The molecular formula is C20H28F2N4O3. The molecule has 2 aromatic rings. The number of guanidine groups is 1. The van der Waals surface area contributed by atoms with Crippen molar-refractivity contribution in [2.24, 2.45) is 4.99 Å². The van der Waals surface area contributed by atoms with Crippen molar-refractivity contribution in [2.45, 2.75) is 46.8 Å². The number of ether oxygens (including phenoxy) is 2. The fourth-order valence-corrected chi connectivity index (χ4v) is 2.85. The Hall–Kier alpha value is -2.84. The third kappa shape index (κ3) is 6.92. The number of aliphatic imine (C=N–C) groups is 1. The standard InChI is InChI=1S/C20H28F2N4O3/c1-5-23-20(24-10-6-7-17-13(2)26-29-14(17)3)25-12-15-11-16(27-4)8-9-18(15)28-19(21)22/h8-9,11,19H,5-7,10,12H2,1-4H3,(H2,23,24,25). The number of aryl methyl sites for hydroxylation is 2. The van der Waals surface area contributed by atoms with Gasteiger partial charge < -0.3 is 24.6 Å². The van der Waals surface area contributed by atoms with Crippen molar-refractivity contribution in [3.05, 3.63) is 40.8 Å². The zero-order valence-electron chi connectivity index (χ0n) is 17.2. The minimum atomic E-state index is -2.90. The summed E-state index contributed by atoms with van der Waals surface area (Å²) in [4.78, 5) is 4.48. The van der Waals surface area contributed by atoms with Crippen LogP contribution in [0, 0.1) is 13.8 Å². The highest BCUT2D eigenvalue weighted by atomic mass is 19.3. The summed E-state index contributed by atoms with van der Waals surface area (Å²) in [5, 5.41) is 10.4. The van der Waals surface area contributed by atoms with Gasteiger partial charge >= 0.3 is 6.61 Å². The van der Waals surface area contributed by atoms with E-state index in [0.717, 1.165) is 29.9 Å². The molecule has 0 aliphatic carbocycles. The summed E-state index contributed by atoms with van der Waals surface area (Å²) in [6.45, 7) is 4.42. The first-order valence-electron chi connectivity index (χ1n) is 9.50. The van der Waals surface area contributed by atoms with E-state index in [2.05, 4.69) is 25.5 Å². The summed E-state index contributed by atoms with van der Waals surface area (Å²) < 4.78 is 40.2. The predicted octanol–water partition coefficient (Wildman–Crippen LogP) is 3.59. The van der Waals surface area contributed by atoms with Gasteiger partial charge in [0.2, 0.25) is 0 Å². The van der Waals surface area contributed by atoms with Crippen LogP contribution in [-0.2, 0) is 13.0 Å². The van der Waals surface area contributed by atoms with Gasteiger partial charge in [0.1, 0.15) is 17.3 Å². The predicted molar refractivity (Wildman–Crippen MR) is 107 cm³/mol. The first kappa shape index (κ1) is 22.4. The van der Waals surface area contributed by atoms with Crippen LogP contribution in [0.5, 0.6) is 11.5 Å². The van der Waals surface area contributed by atoms with Crippen LogP contribution in [0.1, 0.15) is 35.9 Å². The van der Waals surface area contributed by atoms with Crippen LogP contribution in [0.4, 0.5) is 8.78 Å². The van der Waals surface area contributed by atoms with Gasteiger partial charge in [-0.3, -0.25) is 0 Å².